The van der Waals surface area contributed by atoms with Gasteiger partial charge in [-0.05, 0) is 62.9 Å². The Morgan fingerprint density at radius 1 is 1.36 bits per heavy atom. The highest BCUT2D eigenvalue weighted by Gasteiger charge is 2.06. The average Bonchev–Trinajstić information content (AvgIpc) is 2.13. The van der Waals surface area contributed by atoms with Crippen LogP contribution in [0.5, 0.6) is 5.75 Å². The minimum absolute atomic E-state index is 0.193. The molecule has 0 bridgehead atoms. The van der Waals surface area contributed by atoms with Gasteiger partial charge in [-0.3, -0.25) is 0 Å². The van der Waals surface area contributed by atoms with E-state index in [-0.39, 0.29) is 5.75 Å². The van der Waals surface area contributed by atoms with Crippen LogP contribution in [0.4, 0.5) is 0 Å². The number of carboxylic acid groups (broad SMARTS) is 1. The molecule has 2 N–H and O–H groups in total. The van der Waals surface area contributed by atoms with Crippen molar-refractivity contribution in [3.63, 3.8) is 0 Å². The Morgan fingerprint density at radius 2 is 2.00 bits per heavy atom. The monoisotopic (exact) mass is 416 g/mol. The number of hydrogen-bond donors (Lipinski definition) is 2. The van der Waals surface area contributed by atoms with Crippen LogP contribution in [0.1, 0.15) is 5.56 Å². The zero-order chi connectivity index (χ0) is 10.7. The largest absolute Gasteiger partial charge is 0.506 e. The molecule has 1 aromatic carbocycles. The second-order valence-electron chi connectivity index (χ2n) is 2.47. The topological polar surface area (TPSA) is 57.5 Å². The summed E-state index contributed by atoms with van der Waals surface area (Å²) < 4.78 is 1.41. The fourth-order valence-electron chi connectivity index (χ4n) is 0.846. The molecule has 0 unspecified atom stereocenters. The zero-order valence-corrected chi connectivity index (χ0v) is 11.2. The molecule has 5 heteroatoms. The van der Waals surface area contributed by atoms with Crippen molar-refractivity contribution in [2.24, 2.45) is 0 Å². The number of phenolic OH excluding ortho intramolecular Hbond substituents is 1. The van der Waals surface area contributed by atoms with Gasteiger partial charge in [0.05, 0.1) is 7.14 Å². The summed E-state index contributed by atoms with van der Waals surface area (Å²) in [6.45, 7) is 0. The van der Waals surface area contributed by atoms with Gasteiger partial charge in [-0.15, -0.1) is 0 Å². The van der Waals surface area contributed by atoms with E-state index in [9.17, 15) is 9.90 Å². The summed E-state index contributed by atoms with van der Waals surface area (Å²) in [6, 6.07) is 3.50. The Kier molecular flexibility index (Phi) is 4.17. The van der Waals surface area contributed by atoms with E-state index < -0.39 is 5.97 Å². The van der Waals surface area contributed by atoms with Gasteiger partial charge in [-0.2, -0.15) is 0 Å². The van der Waals surface area contributed by atoms with Crippen molar-refractivity contribution in [1.29, 1.82) is 0 Å². The molecule has 0 aliphatic heterocycles. The quantitative estimate of drug-likeness (QED) is 0.576. The molecule has 1 aromatic rings. The van der Waals surface area contributed by atoms with E-state index in [1.165, 1.54) is 6.08 Å². The highest BCUT2D eigenvalue weighted by Crippen LogP contribution is 2.29. The summed E-state index contributed by atoms with van der Waals surface area (Å²) >= 11 is 3.99. The average molecular weight is 416 g/mol. The van der Waals surface area contributed by atoms with Crippen LogP contribution in [0.2, 0.25) is 0 Å². The highest BCUT2D eigenvalue weighted by atomic mass is 127. The lowest BCUT2D eigenvalue weighted by Gasteiger charge is -2.03. The van der Waals surface area contributed by atoms with Crippen LogP contribution >= 0.6 is 45.2 Å². The molecule has 0 radical (unpaired) electrons. The van der Waals surface area contributed by atoms with Crippen molar-refractivity contribution >= 4 is 57.2 Å². The van der Waals surface area contributed by atoms with Crippen LogP contribution in [0.3, 0.4) is 0 Å². The van der Waals surface area contributed by atoms with Gasteiger partial charge in [0, 0.05) is 6.08 Å². The summed E-state index contributed by atoms with van der Waals surface area (Å²) in [6.07, 6.45) is 2.50. The van der Waals surface area contributed by atoms with E-state index in [1.807, 2.05) is 45.2 Å². The van der Waals surface area contributed by atoms with Crippen molar-refractivity contribution in [2.75, 3.05) is 0 Å². The Balaban J connectivity index is 3.12. The van der Waals surface area contributed by atoms with Crippen LogP contribution in [0.15, 0.2) is 18.2 Å². The SMILES string of the molecule is O=C(O)/C=C/c1ccc(I)c(O)c1I. The molecule has 0 amide bonds. The second-order valence-corrected chi connectivity index (χ2v) is 4.71. The molecule has 0 aromatic heterocycles. The highest BCUT2D eigenvalue weighted by molar-refractivity contribution is 14.1. The lowest BCUT2D eigenvalue weighted by molar-refractivity contribution is -0.131. The number of halogens is 2. The molecule has 0 aliphatic rings. The molecule has 0 aliphatic carbocycles. The molecule has 0 heterocycles. The third-order valence-corrected chi connectivity index (χ3v) is 3.51. The molecule has 1 rings (SSSR count). The van der Waals surface area contributed by atoms with Gasteiger partial charge in [0.1, 0.15) is 5.75 Å². The number of aliphatic carboxylic acids is 1. The van der Waals surface area contributed by atoms with Gasteiger partial charge in [-0.25, -0.2) is 4.79 Å². The van der Waals surface area contributed by atoms with Crippen LogP contribution in [-0.4, -0.2) is 16.2 Å². The number of phenols is 1. The fraction of sp³-hybridized carbons (Fsp3) is 0. The molecular weight excluding hydrogens is 410 g/mol. The number of benzene rings is 1. The lowest BCUT2D eigenvalue weighted by atomic mass is 10.2. The lowest BCUT2D eigenvalue weighted by Crippen LogP contribution is -1.88. The predicted octanol–water partition coefficient (Wildman–Crippen LogP) is 2.70. The first-order valence-corrected chi connectivity index (χ1v) is 5.76. The molecule has 14 heavy (non-hydrogen) atoms. The second kappa shape index (κ2) is 4.96. The molecule has 3 nitrogen and oxygen atoms in total. The standard InChI is InChI=1S/C9H6I2O3/c10-6-3-1-5(2-4-7(12)13)8(11)9(6)14/h1-4,14H,(H,12,13)/b4-2+. The third-order valence-electron chi connectivity index (χ3n) is 1.50. The fourth-order valence-corrected chi connectivity index (χ4v) is 2.46. The molecule has 0 saturated heterocycles. The van der Waals surface area contributed by atoms with E-state index in [2.05, 4.69) is 0 Å². The molecule has 0 spiro atoms. The van der Waals surface area contributed by atoms with Gasteiger partial charge in [-0.1, -0.05) is 6.07 Å². The smallest absolute Gasteiger partial charge is 0.328 e. The molecule has 0 atom stereocenters. The van der Waals surface area contributed by atoms with Gasteiger partial charge in [0.2, 0.25) is 0 Å². The summed E-state index contributed by atoms with van der Waals surface area (Å²) in [5.41, 5.74) is 0.700. The van der Waals surface area contributed by atoms with Gasteiger partial charge in [0.25, 0.3) is 0 Å². The Hall–Kier alpha value is -0.310. The number of hydrogen-bond acceptors (Lipinski definition) is 2. The van der Waals surface area contributed by atoms with E-state index in [0.717, 1.165) is 9.65 Å². The van der Waals surface area contributed by atoms with E-state index in [0.29, 0.717) is 9.13 Å². The summed E-state index contributed by atoms with van der Waals surface area (Å²) in [5, 5.41) is 18.0. The Labute approximate surface area is 108 Å². The van der Waals surface area contributed by atoms with Gasteiger partial charge >= 0.3 is 5.97 Å². The van der Waals surface area contributed by atoms with Crippen LogP contribution < -0.4 is 0 Å². The van der Waals surface area contributed by atoms with Crippen molar-refractivity contribution in [3.8, 4) is 5.75 Å². The van der Waals surface area contributed by atoms with E-state index in [1.54, 1.807) is 12.1 Å². The maximum atomic E-state index is 10.3. The van der Waals surface area contributed by atoms with Gasteiger partial charge in [0.15, 0.2) is 0 Å². The first-order valence-electron chi connectivity index (χ1n) is 3.60. The normalized spacial score (nSPS) is 10.7. The zero-order valence-electron chi connectivity index (χ0n) is 6.87. The van der Waals surface area contributed by atoms with E-state index >= 15 is 0 Å². The minimum Gasteiger partial charge on any atom is -0.506 e. The summed E-state index contributed by atoms with van der Waals surface area (Å²) in [7, 11) is 0. The molecule has 74 valence electrons. The minimum atomic E-state index is -1.00. The van der Waals surface area contributed by atoms with Crippen LogP contribution in [0.25, 0.3) is 6.08 Å². The van der Waals surface area contributed by atoms with E-state index in [4.69, 9.17) is 5.11 Å². The van der Waals surface area contributed by atoms with Crippen molar-refractivity contribution < 1.29 is 15.0 Å². The maximum Gasteiger partial charge on any atom is 0.328 e. The molecule has 0 fully saturated rings. The number of carbonyl (C=O) groups is 1. The van der Waals surface area contributed by atoms with Crippen molar-refractivity contribution in [1.82, 2.24) is 0 Å². The van der Waals surface area contributed by atoms with Crippen LogP contribution in [0, 0.1) is 7.14 Å². The number of aromatic hydroxyl groups is 1. The first-order chi connectivity index (χ1) is 6.52. The summed E-state index contributed by atoms with van der Waals surface area (Å²) in [5.74, 6) is -0.808. The first kappa shape index (κ1) is 11.8. The maximum absolute atomic E-state index is 10.3. The predicted molar refractivity (Wildman–Crippen MR) is 70.2 cm³/mol. The number of rotatable bonds is 2. The Bertz CT molecular complexity index is 399. The van der Waals surface area contributed by atoms with Gasteiger partial charge < -0.3 is 10.2 Å². The molecule has 0 saturated carbocycles. The van der Waals surface area contributed by atoms with Crippen LogP contribution in [-0.2, 0) is 4.79 Å². The molecular formula is C9H6I2O3. The van der Waals surface area contributed by atoms with Crippen molar-refractivity contribution in [2.45, 2.75) is 0 Å². The number of carboxylic acids is 1. The third kappa shape index (κ3) is 2.84. The van der Waals surface area contributed by atoms with Crippen molar-refractivity contribution in [3.05, 3.63) is 30.9 Å². The summed E-state index contributed by atoms with van der Waals surface area (Å²) in [4.78, 5) is 10.3. The Morgan fingerprint density at radius 3 is 2.57 bits per heavy atom.